The van der Waals surface area contributed by atoms with Crippen molar-refractivity contribution in [2.24, 2.45) is 0 Å². The highest BCUT2D eigenvalue weighted by molar-refractivity contribution is 5.66. The van der Waals surface area contributed by atoms with Crippen LogP contribution in [0.2, 0.25) is 0 Å². The van der Waals surface area contributed by atoms with E-state index in [0.29, 0.717) is 13.0 Å². The fourth-order valence-electron chi connectivity index (χ4n) is 3.69. The van der Waals surface area contributed by atoms with E-state index in [1.165, 1.54) is 37.7 Å². The fourth-order valence-corrected chi connectivity index (χ4v) is 3.69. The predicted octanol–water partition coefficient (Wildman–Crippen LogP) is 6.71. The number of ether oxygens (including phenoxy) is 2. The number of carbonyl (C=O) groups is 1. The van der Waals surface area contributed by atoms with Crippen LogP contribution in [0, 0.1) is 0 Å². The maximum atomic E-state index is 10.5. The molecule has 1 heterocycles. The Kier molecular flexibility index (Phi) is 10.1. The standard InChI is InChI=1S/C25H38O4/c1-3-4-5-6-7-8-11-17-25(2)18-16-21-20-22(14-15-23(21)29-25)28-19-12-9-10-13-24(26)27/h11,14-15,17,20H,3-10,12-13,16,18-19H2,1-2H3,(H,26,27)/b17-11+. The van der Waals surface area contributed by atoms with E-state index < -0.39 is 5.97 Å². The molecule has 1 aromatic carbocycles. The van der Waals surface area contributed by atoms with Gasteiger partial charge in [-0.3, -0.25) is 4.79 Å². The first kappa shape index (κ1) is 23.3. The molecular formula is C25H38O4. The summed E-state index contributed by atoms with van der Waals surface area (Å²) in [5.74, 6) is 1.10. The third-order valence-electron chi connectivity index (χ3n) is 5.51. The summed E-state index contributed by atoms with van der Waals surface area (Å²) >= 11 is 0. The lowest BCUT2D eigenvalue weighted by Crippen LogP contribution is -2.34. The molecule has 1 aliphatic heterocycles. The van der Waals surface area contributed by atoms with Gasteiger partial charge in [-0.15, -0.1) is 0 Å². The molecule has 1 N–H and O–H groups in total. The van der Waals surface area contributed by atoms with Gasteiger partial charge >= 0.3 is 5.97 Å². The topological polar surface area (TPSA) is 55.8 Å². The predicted molar refractivity (Wildman–Crippen MR) is 118 cm³/mol. The molecule has 1 atom stereocenters. The van der Waals surface area contributed by atoms with Gasteiger partial charge in [0.1, 0.15) is 17.1 Å². The quantitative estimate of drug-likeness (QED) is 0.277. The monoisotopic (exact) mass is 402 g/mol. The van der Waals surface area contributed by atoms with Crippen LogP contribution in [-0.2, 0) is 11.2 Å². The summed E-state index contributed by atoms with van der Waals surface area (Å²) in [6, 6.07) is 6.08. The Morgan fingerprint density at radius 3 is 2.76 bits per heavy atom. The number of aryl methyl sites for hydroxylation is 1. The van der Waals surface area contributed by atoms with Crippen LogP contribution in [0.1, 0.15) is 90.0 Å². The minimum Gasteiger partial charge on any atom is -0.494 e. The van der Waals surface area contributed by atoms with E-state index >= 15 is 0 Å². The molecule has 2 rings (SSSR count). The third-order valence-corrected chi connectivity index (χ3v) is 5.51. The zero-order valence-corrected chi connectivity index (χ0v) is 18.3. The normalized spacial score (nSPS) is 18.4. The smallest absolute Gasteiger partial charge is 0.303 e. The van der Waals surface area contributed by atoms with Gasteiger partial charge in [0, 0.05) is 6.42 Å². The van der Waals surface area contributed by atoms with Crippen molar-refractivity contribution in [3.05, 3.63) is 35.9 Å². The zero-order valence-electron chi connectivity index (χ0n) is 18.3. The highest BCUT2D eigenvalue weighted by atomic mass is 16.5. The Morgan fingerprint density at radius 1 is 1.17 bits per heavy atom. The first-order valence-corrected chi connectivity index (χ1v) is 11.4. The third kappa shape index (κ3) is 8.93. The summed E-state index contributed by atoms with van der Waals surface area (Å²) in [6.07, 6.45) is 16.9. The summed E-state index contributed by atoms with van der Waals surface area (Å²) in [5.41, 5.74) is 0.988. The lowest BCUT2D eigenvalue weighted by atomic mass is 9.91. The van der Waals surface area contributed by atoms with E-state index in [1.54, 1.807) is 0 Å². The van der Waals surface area contributed by atoms with Crippen molar-refractivity contribution in [2.45, 2.75) is 96.5 Å². The number of benzene rings is 1. The summed E-state index contributed by atoms with van der Waals surface area (Å²) < 4.78 is 12.1. The fraction of sp³-hybridized carbons (Fsp3) is 0.640. The van der Waals surface area contributed by atoms with E-state index in [1.807, 2.05) is 12.1 Å². The van der Waals surface area contributed by atoms with Gasteiger partial charge in [-0.25, -0.2) is 0 Å². The van der Waals surface area contributed by atoms with Gasteiger partial charge in [-0.1, -0.05) is 38.7 Å². The van der Waals surface area contributed by atoms with Crippen LogP contribution in [-0.4, -0.2) is 23.3 Å². The molecule has 0 saturated carbocycles. The number of hydrogen-bond donors (Lipinski definition) is 1. The van der Waals surface area contributed by atoms with Crippen molar-refractivity contribution in [1.29, 1.82) is 0 Å². The molecule has 0 bridgehead atoms. The number of rotatable bonds is 14. The van der Waals surface area contributed by atoms with Crippen molar-refractivity contribution >= 4 is 5.97 Å². The average molecular weight is 403 g/mol. The number of hydrogen-bond acceptors (Lipinski definition) is 3. The number of carboxylic acids is 1. The first-order chi connectivity index (χ1) is 14.0. The Balaban J connectivity index is 1.74. The van der Waals surface area contributed by atoms with Crippen LogP contribution >= 0.6 is 0 Å². The minimum absolute atomic E-state index is 0.219. The molecule has 4 heteroatoms. The van der Waals surface area contributed by atoms with E-state index in [-0.39, 0.29) is 12.0 Å². The summed E-state index contributed by atoms with van der Waals surface area (Å²) in [6.45, 7) is 5.04. The zero-order chi connectivity index (χ0) is 21.0. The maximum absolute atomic E-state index is 10.5. The summed E-state index contributed by atoms with van der Waals surface area (Å²) in [4.78, 5) is 10.5. The molecule has 1 aliphatic rings. The molecule has 1 unspecified atom stereocenters. The van der Waals surface area contributed by atoms with E-state index in [0.717, 1.165) is 43.6 Å². The molecule has 0 radical (unpaired) electrons. The molecule has 0 spiro atoms. The number of unbranched alkanes of at least 4 members (excludes halogenated alkanes) is 7. The van der Waals surface area contributed by atoms with Gasteiger partial charge in [0.25, 0.3) is 0 Å². The lowest BCUT2D eigenvalue weighted by molar-refractivity contribution is -0.137. The first-order valence-electron chi connectivity index (χ1n) is 11.4. The van der Waals surface area contributed by atoms with Crippen LogP contribution in [0.3, 0.4) is 0 Å². The van der Waals surface area contributed by atoms with Crippen molar-refractivity contribution in [3.8, 4) is 11.5 Å². The second-order valence-corrected chi connectivity index (χ2v) is 8.34. The Labute approximate surface area is 176 Å². The second-order valence-electron chi connectivity index (χ2n) is 8.34. The largest absolute Gasteiger partial charge is 0.494 e. The Hall–Kier alpha value is -1.97. The van der Waals surface area contributed by atoms with Crippen molar-refractivity contribution in [2.75, 3.05) is 6.61 Å². The van der Waals surface area contributed by atoms with E-state index in [2.05, 4.69) is 32.1 Å². The van der Waals surface area contributed by atoms with Crippen molar-refractivity contribution in [3.63, 3.8) is 0 Å². The molecule has 0 saturated heterocycles. The van der Waals surface area contributed by atoms with Crippen LogP contribution in [0.25, 0.3) is 0 Å². The van der Waals surface area contributed by atoms with Gasteiger partial charge in [0.05, 0.1) is 6.61 Å². The Bertz CT molecular complexity index is 652. The van der Waals surface area contributed by atoms with E-state index in [4.69, 9.17) is 14.6 Å². The molecule has 0 amide bonds. The van der Waals surface area contributed by atoms with Crippen molar-refractivity contribution in [1.82, 2.24) is 0 Å². The van der Waals surface area contributed by atoms with Gasteiger partial charge in [0.2, 0.25) is 0 Å². The number of allylic oxidation sites excluding steroid dienone is 1. The molecule has 0 aliphatic carbocycles. The van der Waals surface area contributed by atoms with Gasteiger partial charge in [-0.2, -0.15) is 0 Å². The van der Waals surface area contributed by atoms with Gasteiger partial charge in [-0.05, 0) is 81.7 Å². The van der Waals surface area contributed by atoms with Crippen LogP contribution in [0.4, 0.5) is 0 Å². The van der Waals surface area contributed by atoms with E-state index in [9.17, 15) is 4.79 Å². The molecule has 4 nitrogen and oxygen atoms in total. The molecule has 0 fully saturated rings. The van der Waals surface area contributed by atoms with Gasteiger partial charge in [0.15, 0.2) is 0 Å². The summed E-state index contributed by atoms with van der Waals surface area (Å²) in [5, 5.41) is 8.65. The highest BCUT2D eigenvalue weighted by Crippen LogP contribution is 2.36. The molecule has 29 heavy (non-hydrogen) atoms. The minimum atomic E-state index is -0.727. The molecule has 0 aromatic heterocycles. The Morgan fingerprint density at radius 2 is 1.97 bits per heavy atom. The number of aliphatic carboxylic acids is 1. The number of fused-ring (bicyclic) bond motifs is 1. The SMILES string of the molecule is CCCCCCC/C=C/C1(C)CCc2cc(OCCCCCC(=O)O)ccc2O1. The average Bonchev–Trinajstić information content (AvgIpc) is 2.70. The van der Waals surface area contributed by atoms with Crippen LogP contribution in [0.5, 0.6) is 11.5 Å². The summed E-state index contributed by atoms with van der Waals surface area (Å²) in [7, 11) is 0. The molecule has 1 aromatic rings. The number of carboxylic acid groups (broad SMARTS) is 1. The lowest BCUT2D eigenvalue weighted by Gasteiger charge is -2.33. The second kappa shape index (κ2) is 12.6. The van der Waals surface area contributed by atoms with Crippen LogP contribution in [0.15, 0.2) is 30.4 Å². The molecular weight excluding hydrogens is 364 g/mol. The molecule has 162 valence electrons. The maximum Gasteiger partial charge on any atom is 0.303 e. The van der Waals surface area contributed by atoms with Crippen LogP contribution < -0.4 is 9.47 Å². The van der Waals surface area contributed by atoms with Crippen molar-refractivity contribution < 1.29 is 19.4 Å². The van der Waals surface area contributed by atoms with Gasteiger partial charge < -0.3 is 14.6 Å². The highest BCUT2D eigenvalue weighted by Gasteiger charge is 2.29.